The molecule has 3 heteroatoms. The van der Waals surface area contributed by atoms with E-state index in [0.29, 0.717) is 29.4 Å². The van der Waals surface area contributed by atoms with E-state index in [1.54, 1.807) is 18.2 Å². The topological polar surface area (TPSA) is 43.4 Å². The molecule has 0 spiro atoms. The minimum absolute atomic E-state index is 0.493. The fraction of sp³-hybridized carbons (Fsp3) is 0.0909. The zero-order valence-electron chi connectivity index (χ0n) is 7.61. The molecule has 0 aliphatic carbocycles. The first kappa shape index (κ1) is 10.0. The minimum Gasteiger partial charge on any atom is -0.495 e. The third kappa shape index (κ3) is 2.20. The average Bonchev–Trinajstić information content (AvgIpc) is 2.25. The maximum atomic E-state index is 10.5. The molecular weight excluding hydrogens is 180 g/mol. The van der Waals surface area contributed by atoms with E-state index in [4.69, 9.17) is 4.74 Å². The molecule has 0 aromatic heterocycles. The summed E-state index contributed by atoms with van der Waals surface area (Å²) in [5, 5.41) is 0. The third-order valence-corrected chi connectivity index (χ3v) is 1.63. The lowest BCUT2D eigenvalue weighted by atomic mass is 10.1. The first-order chi connectivity index (χ1) is 6.81. The first-order valence-electron chi connectivity index (χ1n) is 3.90. The van der Waals surface area contributed by atoms with E-state index >= 15 is 0 Å². The van der Waals surface area contributed by atoms with Crippen molar-refractivity contribution in [2.24, 2.45) is 0 Å². The Morgan fingerprint density at radius 1 is 1.36 bits per heavy atom. The molecule has 0 saturated heterocycles. The molecule has 14 heavy (non-hydrogen) atoms. The van der Waals surface area contributed by atoms with Gasteiger partial charge < -0.3 is 4.74 Å². The zero-order chi connectivity index (χ0) is 10.4. The molecule has 0 amide bonds. The molecule has 0 aliphatic heterocycles. The standard InChI is InChI=1S/C11H8O3/c1-14-11-5-4-9(8-13)7-10(11)3-2-6-12/h4-8H,1H3. The summed E-state index contributed by atoms with van der Waals surface area (Å²) in [6, 6.07) is 4.83. The maximum Gasteiger partial charge on any atom is 0.193 e. The van der Waals surface area contributed by atoms with Gasteiger partial charge in [0.15, 0.2) is 6.29 Å². The van der Waals surface area contributed by atoms with Crippen LogP contribution >= 0.6 is 0 Å². The van der Waals surface area contributed by atoms with E-state index in [9.17, 15) is 9.59 Å². The smallest absolute Gasteiger partial charge is 0.193 e. The molecule has 0 saturated carbocycles. The molecule has 0 fully saturated rings. The Labute approximate surface area is 81.7 Å². The molecule has 0 atom stereocenters. The molecule has 1 aromatic carbocycles. The van der Waals surface area contributed by atoms with Crippen molar-refractivity contribution < 1.29 is 14.3 Å². The summed E-state index contributed by atoms with van der Waals surface area (Å²) in [5.74, 6) is 5.40. The number of ether oxygens (including phenoxy) is 1. The van der Waals surface area contributed by atoms with Crippen molar-refractivity contribution in [2.45, 2.75) is 0 Å². The fourth-order valence-electron chi connectivity index (χ4n) is 1.00. The third-order valence-electron chi connectivity index (χ3n) is 1.63. The molecule has 1 rings (SSSR count). The van der Waals surface area contributed by atoms with Gasteiger partial charge in [-0.1, -0.05) is 5.92 Å². The van der Waals surface area contributed by atoms with Gasteiger partial charge in [0.1, 0.15) is 12.0 Å². The van der Waals surface area contributed by atoms with Crippen LogP contribution in [0.15, 0.2) is 18.2 Å². The number of hydrogen-bond donors (Lipinski definition) is 0. The lowest BCUT2D eigenvalue weighted by molar-refractivity contribution is -0.103. The summed E-state index contributed by atoms with van der Waals surface area (Å²) in [7, 11) is 1.50. The van der Waals surface area contributed by atoms with Gasteiger partial charge in [0, 0.05) is 5.56 Å². The molecule has 1 aromatic rings. The van der Waals surface area contributed by atoms with Gasteiger partial charge in [-0.15, -0.1) is 0 Å². The molecule has 0 radical (unpaired) electrons. The number of carbonyl (C=O) groups is 2. The average molecular weight is 188 g/mol. The summed E-state index contributed by atoms with van der Waals surface area (Å²) >= 11 is 0. The van der Waals surface area contributed by atoms with E-state index < -0.39 is 0 Å². The number of benzene rings is 1. The second-order valence-electron chi connectivity index (χ2n) is 2.46. The van der Waals surface area contributed by atoms with Crippen LogP contribution in [0.5, 0.6) is 5.75 Å². The zero-order valence-corrected chi connectivity index (χ0v) is 7.61. The van der Waals surface area contributed by atoms with E-state index in [2.05, 4.69) is 11.8 Å². The molecule has 0 N–H and O–H groups in total. The Hall–Kier alpha value is -2.08. The van der Waals surface area contributed by atoms with Crippen LogP contribution in [0.25, 0.3) is 0 Å². The first-order valence-corrected chi connectivity index (χ1v) is 3.90. The lowest BCUT2D eigenvalue weighted by Gasteiger charge is -2.02. The largest absolute Gasteiger partial charge is 0.495 e. The van der Waals surface area contributed by atoms with E-state index in [-0.39, 0.29) is 0 Å². The van der Waals surface area contributed by atoms with Crippen LogP contribution in [-0.4, -0.2) is 19.7 Å². The Bertz CT molecular complexity index is 410. The van der Waals surface area contributed by atoms with Crippen molar-refractivity contribution in [3.05, 3.63) is 29.3 Å². The number of rotatable bonds is 2. The van der Waals surface area contributed by atoms with E-state index in [0.717, 1.165) is 0 Å². The molecule has 3 nitrogen and oxygen atoms in total. The summed E-state index contributed by atoms with van der Waals surface area (Å²) < 4.78 is 5.01. The number of carbonyl (C=O) groups excluding carboxylic acids is 2. The van der Waals surface area contributed by atoms with Crippen LogP contribution in [0.2, 0.25) is 0 Å². The molecule has 70 valence electrons. The summed E-state index contributed by atoms with van der Waals surface area (Å²) in [4.78, 5) is 20.5. The molecule has 0 bridgehead atoms. The number of aldehydes is 2. The monoisotopic (exact) mass is 188 g/mol. The van der Waals surface area contributed by atoms with Crippen LogP contribution in [0, 0.1) is 11.8 Å². The van der Waals surface area contributed by atoms with Crippen LogP contribution in [0.4, 0.5) is 0 Å². The van der Waals surface area contributed by atoms with Crippen LogP contribution in [0.1, 0.15) is 15.9 Å². The summed E-state index contributed by atoms with van der Waals surface area (Å²) in [6.45, 7) is 0. The van der Waals surface area contributed by atoms with Crippen molar-refractivity contribution in [2.75, 3.05) is 7.11 Å². The van der Waals surface area contributed by atoms with Crippen molar-refractivity contribution >= 4 is 12.6 Å². The van der Waals surface area contributed by atoms with Gasteiger partial charge >= 0.3 is 0 Å². The minimum atomic E-state index is 0.493. The quantitative estimate of drug-likeness (QED) is 0.514. The summed E-state index contributed by atoms with van der Waals surface area (Å²) in [6.07, 6.45) is 1.21. The maximum absolute atomic E-state index is 10.5. The highest BCUT2D eigenvalue weighted by atomic mass is 16.5. The summed E-state index contributed by atoms with van der Waals surface area (Å²) in [5.41, 5.74) is 1.03. The van der Waals surface area contributed by atoms with Gasteiger partial charge in [-0.05, 0) is 24.1 Å². The van der Waals surface area contributed by atoms with Crippen molar-refractivity contribution in [1.29, 1.82) is 0 Å². The fourth-order valence-corrected chi connectivity index (χ4v) is 1.00. The predicted octanol–water partition coefficient (Wildman–Crippen LogP) is 1.06. The van der Waals surface area contributed by atoms with Crippen LogP contribution in [0.3, 0.4) is 0 Å². The predicted molar refractivity (Wildman–Crippen MR) is 51.3 cm³/mol. The van der Waals surface area contributed by atoms with Crippen LogP contribution < -0.4 is 4.74 Å². The van der Waals surface area contributed by atoms with Crippen molar-refractivity contribution in [3.63, 3.8) is 0 Å². The van der Waals surface area contributed by atoms with Gasteiger partial charge in [-0.2, -0.15) is 0 Å². The van der Waals surface area contributed by atoms with Crippen molar-refractivity contribution in [1.82, 2.24) is 0 Å². The van der Waals surface area contributed by atoms with Gasteiger partial charge in [0.25, 0.3) is 0 Å². The van der Waals surface area contributed by atoms with E-state index in [1.807, 2.05) is 0 Å². The van der Waals surface area contributed by atoms with Gasteiger partial charge in [0.05, 0.1) is 12.7 Å². The molecule has 0 heterocycles. The molecular formula is C11H8O3. The second-order valence-corrected chi connectivity index (χ2v) is 2.46. The molecule has 0 aliphatic rings. The normalized spacial score (nSPS) is 8.36. The van der Waals surface area contributed by atoms with Crippen LogP contribution in [-0.2, 0) is 4.79 Å². The Morgan fingerprint density at radius 2 is 2.14 bits per heavy atom. The number of methoxy groups -OCH3 is 1. The highest BCUT2D eigenvalue weighted by Crippen LogP contribution is 2.17. The van der Waals surface area contributed by atoms with Gasteiger partial charge in [-0.3, -0.25) is 9.59 Å². The Kier molecular flexibility index (Phi) is 3.45. The highest BCUT2D eigenvalue weighted by molar-refractivity contribution is 5.78. The number of hydrogen-bond acceptors (Lipinski definition) is 3. The van der Waals surface area contributed by atoms with Gasteiger partial charge in [0.2, 0.25) is 0 Å². The highest BCUT2D eigenvalue weighted by Gasteiger charge is 2.00. The Morgan fingerprint density at radius 3 is 2.71 bits per heavy atom. The Balaban J connectivity index is 3.20. The second kappa shape index (κ2) is 4.83. The van der Waals surface area contributed by atoms with E-state index in [1.165, 1.54) is 7.11 Å². The lowest BCUT2D eigenvalue weighted by Crippen LogP contribution is -1.90. The van der Waals surface area contributed by atoms with Gasteiger partial charge in [-0.25, -0.2) is 0 Å². The van der Waals surface area contributed by atoms with Crippen molar-refractivity contribution in [3.8, 4) is 17.6 Å². The molecule has 0 unspecified atom stereocenters. The SMILES string of the molecule is COc1ccc(C=O)cc1C#CC=O.